The van der Waals surface area contributed by atoms with Gasteiger partial charge in [-0.25, -0.2) is 4.98 Å². The van der Waals surface area contributed by atoms with Gasteiger partial charge in [0.15, 0.2) is 6.54 Å². The zero-order valence-electron chi connectivity index (χ0n) is 84.4. The van der Waals surface area contributed by atoms with Crippen LogP contribution in [0.15, 0.2) is 104 Å². The number of aromatic nitrogens is 2. The van der Waals surface area contributed by atoms with Crippen LogP contribution in [0.5, 0.6) is 0 Å². The normalized spacial score (nSPS) is 19.5. The second-order valence-corrected chi connectivity index (χ2v) is 41.0. The topological polar surface area (TPSA) is 612 Å². The minimum Gasteiger partial charge on any atom is -0.481 e. The lowest BCUT2D eigenvalue weighted by atomic mass is 9.84. The van der Waals surface area contributed by atoms with Gasteiger partial charge in [-0.3, -0.25) is 82.0 Å². The molecule has 2 unspecified atom stereocenters. The van der Waals surface area contributed by atoms with E-state index >= 15 is 28.8 Å². The van der Waals surface area contributed by atoms with E-state index in [9.17, 15) is 68.4 Å². The quantitative estimate of drug-likeness (QED) is 0.0130. The maximum absolute atomic E-state index is 16.3. The molecule has 0 spiro atoms. The number of carbonyl (C=O) groups excluding carboxylic acids is 14. The number of carboxylic acid groups (broad SMARTS) is 2. The predicted octanol–water partition coefficient (Wildman–Crippen LogP) is 3.74. The van der Waals surface area contributed by atoms with Crippen LogP contribution < -0.4 is 81.0 Å². The molecule has 794 valence electrons. The molecular formula is C101H159N20O20S2+. The molecule has 16 atom stereocenters. The number of unbranched alkanes of at least 4 members (excludes halogenated alkanes) is 14. The van der Waals surface area contributed by atoms with Gasteiger partial charge >= 0.3 is 11.9 Å². The van der Waals surface area contributed by atoms with E-state index in [2.05, 4.69) is 80.7 Å². The first-order chi connectivity index (χ1) is 68.3. The molecule has 2 aliphatic rings. The van der Waals surface area contributed by atoms with Crippen molar-refractivity contribution in [3.8, 4) is 0 Å². The van der Waals surface area contributed by atoms with Gasteiger partial charge < -0.3 is 115 Å². The number of carboxylic acids is 2. The molecule has 40 nitrogen and oxygen atoms in total. The molecule has 2 aliphatic heterocycles. The summed E-state index contributed by atoms with van der Waals surface area (Å²) < 4.78 is 0.113. The zero-order valence-corrected chi connectivity index (χ0v) is 86.0. The predicted molar refractivity (Wildman–Crippen MR) is 546 cm³/mol. The van der Waals surface area contributed by atoms with Gasteiger partial charge in [-0.05, 0) is 114 Å². The summed E-state index contributed by atoms with van der Waals surface area (Å²) in [6, 6.07) is 9.07. The highest BCUT2D eigenvalue weighted by Crippen LogP contribution is 2.33. The van der Waals surface area contributed by atoms with Crippen LogP contribution in [0.3, 0.4) is 0 Å². The molecule has 0 radical (unpaired) electrons. The van der Waals surface area contributed by atoms with E-state index in [0.29, 0.717) is 41.6 Å². The van der Waals surface area contributed by atoms with E-state index in [1.807, 2.05) is 0 Å². The minimum absolute atomic E-state index is 0.00543. The average Bonchev–Trinajstić information content (AvgIpc) is 1.77. The smallest absolute Gasteiger partial charge is 0.305 e. The molecule has 1 aromatic heterocycles. The number of likely N-dealkylation sites (N-methyl/N-ethyl adjacent to an activating group) is 2. The first kappa shape index (κ1) is 121. The number of carbonyl (C=O) groups is 16. The Hall–Kier alpha value is -11.2. The molecular weight excluding hydrogens is 1880 g/mol. The van der Waals surface area contributed by atoms with Crippen molar-refractivity contribution >= 4 is 116 Å². The number of quaternary nitrogens is 1. The molecule has 2 saturated heterocycles. The Labute approximate surface area is 848 Å². The minimum atomic E-state index is -2.01. The molecule has 0 bridgehead atoms. The Morgan fingerprint density at radius 1 is 0.622 bits per heavy atom. The number of aliphatic hydroxyl groups is 2. The number of rotatable bonds is 60. The molecule has 4 aromatic rings. The standard InChI is InChI=1S/C101H158N20O20S2/c1-9-11-12-13-14-15-16-17-18-19-20-21-31-46-81(123)109-72(59-87(130)131)57-82(124)107-51-53-121(7,8)61-85(127)106-50-35-33-44-79-97(137)110-71(55-68-37-25-22-26-38-68)58-84(126)111-74(43-32-34-49-102)93(133)114-77(92(104)132)62-142-143-63-78(96(136)116-89(65(3)10-2)100(140)119(79)6)115-98(138)80-45-36-52-120(80)101(141)91(88(69-39-27-23-28-40-69)70-41-29-24-30-42-70)118-95(135)76(56-73-60-105-64-108-73)113-99(139)90(67(5)122)117-94(134)75(47-48-86(128)129)112-83(125)54-66(4)103/h22-30,37-42,60,64-67,71-72,74-80,88-91,99,113,122,139H,9-21,31-36,43-59,61-63,102-103H2,1-8H3,(H15-,104,105,106,107,108,109,110,111,112,114,115,116,117,118,123,124,125,126,127,128,129,130,131,132,133,134,135,136,137,138)/p+1/t65-,66?,67+,71-,72-,74+,75-,76-,77-,78-,79-,80-,89-,90-,91-,99?/m0/s1. The molecule has 3 heterocycles. The number of aliphatic carboxylic acids is 2. The third kappa shape index (κ3) is 44.9. The highest BCUT2D eigenvalue weighted by Gasteiger charge is 2.46. The number of benzene rings is 3. The number of aliphatic hydroxyl groups excluding tert-OH is 2. The highest BCUT2D eigenvalue weighted by atomic mass is 33.1. The Balaban J connectivity index is 1.28. The number of H-pyrrole nitrogens is 1. The van der Waals surface area contributed by atoms with Crippen molar-refractivity contribution in [1.82, 2.24) is 83.6 Å². The van der Waals surface area contributed by atoms with Gasteiger partial charge in [0, 0.05) is 106 Å². The van der Waals surface area contributed by atoms with Gasteiger partial charge in [0.05, 0.1) is 58.1 Å². The second kappa shape index (κ2) is 65.3. The van der Waals surface area contributed by atoms with E-state index in [1.54, 1.807) is 126 Å². The van der Waals surface area contributed by atoms with Crippen molar-refractivity contribution in [2.75, 3.05) is 71.9 Å². The van der Waals surface area contributed by atoms with E-state index in [-0.39, 0.29) is 151 Å². The van der Waals surface area contributed by atoms with E-state index in [0.717, 1.165) is 47.3 Å². The Morgan fingerprint density at radius 3 is 1.82 bits per heavy atom. The Morgan fingerprint density at radius 2 is 1.23 bits per heavy atom. The van der Waals surface area contributed by atoms with Crippen LogP contribution in [0.1, 0.15) is 249 Å². The fraction of sp³-hybridized carbons (Fsp3) is 0.634. The molecule has 6 rings (SSSR count). The van der Waals surface area contributed by atoms with Gasteiger partial charge in [0.25, 0.3) is 5.91 Å². The van der Waals surface area contributed by atoms with Crippen molar-refractivity contribution in [3.63, 3.8) is 0 Å². The lowest BCUT2D eigenvalue weighted by molar-refractivity contribution is -0.881. The van der Waals surface area contributed by atoms with Crippen LogP contribution in [0.4, 0.5) is 0 Å². The zero-order chi connectivity index (χ0) is 105. The lowest BCUT2D eigenvalue weighted by Gasteiger charge is -2.36. The number of hydrogen-bond acceptors (Lipinski definition) is 24. The SMILES string of the molecule is CCCCCCCCCCCCCCCC(=O)N[C@H](CC(=O)O)CC(=O)NCC[N+](C)(C)CC(=O)NCCCC[C@H]1C(=O)N[C@@H](Cc2ccccc2)CC(=O)N[C@H](CCCCN)C(=O)N[C@H](C(N)=O)CSSC[C@H](NC(=O)[C@@H]2CCCN2C(=O)[C@@H](NC(=O)[C@H](Cc2cnc[nH]2)NC(O)[C@@H](NC(=O)[C@H](CCC(=O)O)NC(=O)CC(C)N)[C@@H](C)O)C(c2ccccc2)c2ccccc2)C(=O)N[C@@H]([C@@H](C)CC)C(=O)N1C. The van der Waals surface area contributed by atoms with Crippen LogP contribution >= 0.6 is 21.6 Å². The van der Waals surface area contributed by atoms with Crippen LogP contribution in [0, 0.1) is 5.92 Å². The van der Waals surface area contributed by atoms with Gasteiger partial charge in [-0.2, -0.15) is 0 Å². The van der Waals surface area contributed by atoms with E-state index in [4.69, 9.17) is 17.2 Å². The van der Waals surface area contributed by atoms with Crippen molar-refractivity contribution in [2.24, 2.45) is 23.1 Å². The summed E-state index contributed by atoms with van der Waals surface area (Å²) >= 11 is 0. The molecule has 42 heteroatoms. The Kier molecular flexibility index (Phi) is 55.0. The maximum atomic E-state index is 16.3. The summed E-state index contributed by atoms with van der Waals surface area (Å²) in [5.41, 5.74) is 19.8. The molecule has 14 amide bonds. The number of likely N-dealkylation sites (tertiary alicyclic amines) is 1. The first-order valence-corrected chi connectivity index (χ1v) is 53.1. The summed E-state index contributed by atoms with van der Waals surface area (Å²) in [6.07, 6.45) is 13.5. The summed E-state index contributed by atoms with van der Waals surface area (Å²) in [7, 11) is 6.97. The average molecular weight is 2040 g/mol. The summed E-state index contributed by atoms with van der Waals surface area (Å²) in [5.74, 6) is -14.8. The maximum Gasteiger partial charge on any atom is 0.305 e. The van der Waals surface area contributed by atoms with Crippen LogP contribution in [0.25, 0.3) is 0 Å². The molecule has 0 aliphatic carbocycles. The number of imidazole rings is 1. The summed E-state index contributed by atoms with van der Waals surface area (Å²) in [5, 5.41) is 76.3. The molecule has 0 saturated carbocycles. The highest BCUT2D eigenvalue weighted by molar-refractivity contribution is 8.76. The third-order valence-corrected chi connectivity index (χ3v) is 28.1. The van der Waals surface area contributed by atoms with Gasteiger partial charge in [-0.1, -0.05) is 217 Å². The number of hydrogen-bond donors (Lipinski definition) is 20. The van der Waals surface area contributed by atoms with Crippen molar-refractivity contribution in [3.05, 3.63) is 126 Å². The fourth-order valence-electron chi connectivity index (χ4n) is 17.5. The number of aromatic amines is 1. The molecule has 23 N–H and O–H groups in total. The van der Waals surface area contributed by atoms with Crippen LogP contribution in [-0.4, -0.2) is 302 Å². The number of nitrogens with zero attached hydrogens (tertiary/aromatic N) is 4. The first-order valence-electron chi connectivity index (χ1n) is 50.6. The lowest BCUT2D eigenvalue weighted by Crippen LogP contribution is -2.63. The fourth-order valence-corrected chi connectivity index (χ4v) is 19.8. The Bertz CT molecular complexity index is 4590. The van der Waals surface area contributed by atoms with Crippen LogP contribution in [-0.2, 0) is 89.6 Å². The third-order valence-electron chi connectivity index (χ3n) is 25.7. The number of amides is 14. The van der Waals surface area contributed by atoms with Crippen LogP contribution in [0.2, 0.25) is 0 Å². The number of nitrogens with one attached hydrogen (secondary N) is 13. The van der Waals surface area contributed by atoms with Crippen molar-refractivity contribution in [2.45, 2.75) is 330 Å². The number of primary amides is 1. The summed E-state index contributed by atoms with van der Waals surface area (Å²) in [6.45, 7) is 9.12. The van der Waals surface area contributed by atoms with E-state index in [1.165, 1.54) is 87.7 Å². The van der Waals surface area contributed by atoms with Gasteiger partial charge in [0.2, 0.25) is 76.8 Å². The molecule has 2 fully saturated rings. The van der Waals surface area contributed by atoms with Gasteiger partial charge in [0.1, 0.15) is 54.6 Å². The van der Waals surface area contributed by atoms with Crippen molar-refractivity contribution in [1.29, 1.82) is 0 Å². The summed E-state index contributed by atoms with van der Waals surface area (Å²) in [4.78, 5) is 237. The van der Waals surface area contributed by atoms with Gasteiger partial charge in [-0.15, -0.1) is 0 Å². The molecule has 3 aromatic carbocycles. The van der Waals surface area contributed by atoms with Crippen molar-refractivity contribution < 1.29 is 102 Å². The number of nitrogens with two attached hydrogens (primary N) is 3. The molecule has 143 heavy (non-hydrogen) atoms. The monoisotopic (exact) mass is 2040 g/mol. The van der Waals surface area contributed by atoms with E-state index < -0.39 is 205 Å². The largest absolute Gasteiger partial charge is 0.481 e. The second-order valence-electron chi connectivity index (χ2n) is 38.4.